The standard InChI is InChI=1S/C17H21N3O2S/c1-11-19-15(17(21)20-8-4-6-13(18)10-20)16(23-11)12-5-3-7-14(9-12)22-2/h3,5,7,9,13H,4,6,8,10,18H2,1-2H3. The number of methoxy groups -OCH3 is 1. The van der Waals surface area contributed by atoms with Gasteiger partial charge in [-0.05, 0) is 37.5 Å². The number of nitrogens with zero attached hydrogens (tertiary/aromatic N) is 2. The summed E-state index contributed by atoms with van der Waals surface area (Å²) in [6.45, 7) is 3.28. The smallest absolute Gasteiger partial charge is 0.274 e. The highest BCUT2D eigenvalue weighted by atomic mass is 32.1. The maximum Gasteiger partial charge on any atom is 0.274 e. The second-order valence-electron chi connectivity index (χ2n) is 5.80. The summed E-state index contributed by atoms with van der Waals surface area (Å²) in [7, 11) is 1.64. The Hall–Kier alpha value is -1.92. The number of thiazole rings is 1. The first-order chi connectivity index (χ1) is 11.1. The van der Waals surface area contributed by atoms with Gasteiger partial charge in [0.2, 0.25) is 0 Å². The summed E-state index contributed by atoms with van der Waals surface area (Å²) in [6, 6.07) is 7.80. The van der Waals surface area contributed by atoms with Gasteiger partial charge in [0.05, 0.1) is 17.0 Å². The molecule has 1 unspecified atom stereocenters. The van der Waals surface area contributed by atoms with Gasteiger partial charge in [0.15, 0.2) is 0 Å². The van der Waals surface area contributed by atoms with Crippen LogP contribution in [0.2, 0.25) is 0 Å². The molecule has 2 heterocycles. The van der Waals surface area contributed by atoms with Crippen LogP contribution in [0.15, 0.2) is 24.3 Å². The Bertz CT molecular complexity index is 714. The summed E-state index contributed by atoms with van der Waals surface area (Å²) in [6.07, 6.45) is 1.92. The van der Waals surface area contributed by atoms with E-state index in [0.29, 0.717) is 12.2 Å². The van der Waals surface area contributed by atoms with Crippen molar-refractivity contribution in [3.05, 3.63) is 35.0 Å². The van der Waals surface area contributed by atoms with Gasteiger partial charge in [-0.3, -0.25) is 4.79 Å². The van der Waals surface area contributed by atoms with E-state index in [0.717, 1.165) is 40.6 Å². The van der Waals surface area contributed by atoms with Gasteiger partial charge in [0.1, 0.15) is 11.4 Å². The number of rotatable bonds is 3. The highest BCUT2D eigenvalue weighted by Crippen LogP contribution is 2.33. The molecule has 1 saturated heterocycles. The molecule has 1 aliphatic heterocycles. The van der Waals surface area contributed by atoms with Crippen LogP contribution in [0.4, 0.5) is 0 Å². The first kappa shape index (κ1) is 16.0. The maximum absolute atomic E-state index is 12.9. The predicted octanol–water partition coefficient (Wildman–Crippen LogP) is 2.69. The summed E-state index contributed by atoms with van der Waals surface area (Å²) in [5, 5.41) is 0.882. The van der Waals surface area contributed by atoms with Crippen molar-refractivity contribution < 1.29 is 9.53 Å². The molecule has 0 radical (unpaired) electrons. The van der Waals surface area contributed by atoms with E-state index in [9.17, 15) is 4.79 Å². The second-order valence-corrected chi connectivity index (χ2v) is 7.00. The Balaban J connectivity index is 1.95. The lowest BCUT2D eigenvalue weighted by atomic mass is 10.1. The van der Waals surface area contributed by atoms with Crippen LogP contribution < -0.4 is 10.5 Å². The molecule has 1 amide bonds. The Kier molecular flexibility index (Phi) is 4.63. The number of carbonyl (C=O) groups excluding carboxylic acids is 1. The average Bonchev–Trinajstić information content (AvgIpc) is 2.96. The van der Waals surface area contributed by atoms with E-state index >= 15 is 0 Å². The molecule has 122 valence electrons. The van der Waals surface area contributed by atoms with Crippen LogP contribution in [0.1, 0.15) is 28.3 Å². The van der Waals surface area contributed by atoms with Crippen molar-refractivity contribution in [1.29, 1.82) is 0 Å². The number of carbonyl (C=O) groups is 1. The van der Waals surface area contributed by atoms with E-state index in [-0.39, 0.29) is 11.9 Å². The van der Waals surface area contributed by atoms with E-state index in [1.165, 1.54) is 11.3 Å². The highest BCUT2D eigenvalue weighted by molar-refractivity contribution is 7.15. The number of nitrogens with two attached hydrogens (primary N) is 1. The van der Waals surface area contributed by atoms with Crippen molar-refractivity contribution in [1.82, 2.24) is 9.88 Å². The van der Waals surface area contributed by atoms with E-state index in [4.69, 9.17) is 10.5 Å². The zero-order valence-corrected chi connectivity index (χ0v) is 14.2. The summed E-state index contributed by atoms with van der Waals surface area (Å²) < 4.78 is 5.29. The molecule has 1 atom stereocenters. The van der Waals surface area contributed by atoms with Gasteiger partial charge in [-0.2, -0.15) is 0 Å². The number of piperidine rings is 1. The highest BCUT2D eigenvalue weighted by Gasteiger charge is 2.27. The van der Waals surface area contributed by atoms with Crippen molar-refractivity contribution in [3.63, 3.8) is 0 Å². The summed E-state index contributed by atoms with van der Waals surface area (Å²) in [5.74, 6) is 0.745. The van der Waals surface area contributed by atoms with Crippen LogP contribution in [-0.2, 0) is 0 Å². The fourth-order valence-electron chi connectivity index (χ4n) is 2.88. The van der Waals surface area contributed by atoms with Crippen molar-refractivity contribution >= 4 is 17.2 Å². The lowest BCUT2D eigenvalue weighted by Gasteiger charge is -2.30. The van der Waals surface area contributed by atoms with E-state index < -0.39 is 0 Å². The Morgan fingerprint density at radius 3 is 3.04 bits per heavy atom. The maximum atomic E-state index is 12.9. The molecule has 3 rings (SSSR count). The Morgan fingerprint density at radius 1 is 1.48 bits per heavy atom. The molecule has 1 aromatic heterocycles. The van der Waals surface area contributed by atoms with Crippen molar-refractivity contribution in [3.8, 4) is 16.2 Å². The van der Waals surface area contributed by atoms with Gasteiger partial charge >= 0.3 is 0 Å². The van der Waals surface area contributed by atoms with Gasteiger partial charge in [-0.25, -0.2) is 4.98 Å². The molecule has 0 saturated carbocycles. The molecule has 1 aliphatic rings. The molecular formula is C17H21N3O2S. The molecular weight excluding hydrogens is 310 g/mol. The minimum absolute atomic E-state index is 0.0256. The molecule has 5 nitrogen and oxygen atoms in total. The number of aromatic nitrogens is 1. The Labute approximate surface area is 140 Å². The van der Waals surface area contributed by atoms with Crippen LogP contribution in [0, 0.1) is 6.92 Å². The van der Waals surface area contributed by atoms with Crippen LogP contribution in [0.3, 0.4) is 0 Å². The van der Waals surface area contributed by atoms with Crippen molar-refractivity contribution in [2.45, 2.75) is 25.8 Å². The third-order valence-corrected chi connectivity index (χ3v) is 5.03. The SMILES string of the molecule is COc1cccc(-c2sc(C)nc2C(=O)N2CCCC(N)C2)c1. The molecule has 0 aliphatic carbocycles. The number of amides is 1. The number of hydrogen-bond donors (Lipinski definition) is 1. The number of ether oxygens (including phenoxy) is 1. The molecule has 2 aromatic rings. The van der Waals surface area contributed by atoms with E-state index in [1.807, 2.05) is 36.1 Å². The first-order valence-electron chi connectivity index (χ1n) is 7.75. The van der Waals surface area contributed by atoms with Crippen LogP contribution >= 0.6 is 11.3 Å². The molecule has 23 heavy (non-hydrogen) atoms. The topological polar surface area (TPSA) is 68.5 Å². The molecule has 0 spiro atoms. The van der Waals surface area contributed by atoms with Crippen LogP contribution in [0.5, 0.6) is 5.75 Å². The average molecular weight is 331 g/mol. The zero-order chi connectivity index (χ0) is 16.4. The lowest BCUT2D eigenvalue weighted by Crippen LogP contribution is -2.45. The van der Waals surface area contributed by atoms with Crippen molar-refractivity contribution in [2.24, 2.45) is 5.73 Å². The molecule has 2 N–H and O–H groups in total. The molecule has 6 heteroatoms. The van der Waals surface area contributed by atoms with Crippen molar-refractivity contribution in [2.75, 3.05) is 20.2 Å². The number of likely N-dealkylation sites (tertiary alicyclic amines) is 1. The minimum Gasteiger partial charge on any atom is -0.497 e. The third kappa shape index (κ3) is 3.38. The van der Waals surface area contributed by atoms with E-state index in [2.05, 4.69) is 4.98 Å². The first-order valence-corrected chi connectivity index (χ1v) is 8.57. The Morgan fingerprint density at radius 2 is 2.30 bits per heavy atom. The molecule has 0 bridgehead atoms. The minimum atomic E-state index is -0.0256. The fraction of sp³-hybridized carbons (Fsp3) is 0.412. The van der Waals surface area contributed by atoms with Gasteiger partial charge in [-0.15, -0.1) is 11.3 Å². The lowest BCUT2D eigenvalue weighted by molar-refractivity contribution is 0.0704. The normalized spacial score (nSPS) is 18.0. The summed E-state index contributed by atoms with van der Waals surface area (Å²) in [4.78, 5) is 20.1. The number of aryl methyl sites for hydroxylation is 1. The quantitative estimate of drug-likeness (QED) is 0.939. The third-order valence-electron chi connectivity index (χ3n) is 4.01. The number of hydrogen-bond acceptors (Lipinski definition) is 5. The molecule has 1 fully saturated rings. The van der Waals surface area contributed by atoms with Gasteiger partial charge < -0.3 is 15.4 Å². The fourth-order valence-corrected chi connectivity index (χ4v) is 3.78. The molecule has 1 aromatic carbocycles. The van der Waals surface area contributed by atoms with Gasteiger partial charge in [0, 0.05) is 19.1 Å². The van der Waals surface area contributed by atoms with Crippen LogP contribution in [0.25, 0.3) is 10.4 Å². The number of benzene rings is 1. The van der Waals surface area contributed by atoms with Crippen LogP contribution in [-0.4, -0.2) is 42.0 Å². The largest absolute Gasteiger partial charge is 0.497 e. The zero-order valence-electron chi connectivity index (χ0n) is 13.4. The summed E-state index contributed by atoms with van der Waals surface area (Å²) in [5.41, 5.74) is 7.49. The van der Waals surface area contributed by atoms with E-state index in [1.54, 1.807) is 7.11 Å². The second kappa shape index (κ2) is 6.68. The monoisotopic (exact) mass is 331 g/mol. The van der Waals surface area contributed by atoms with Gasteiger partial charge in [-0.1, -0.05) is 12.1 Å². The predicted molar refractivity (Wildman–Crippen MR) is 92.0 cm³/mol. The summed E-state index contributed by atoms with van der Waals surface area (Å²) >= 11 is 1.53. The van der Waals surface area contributed by atoms with Gasteiger partial charge in [0.25, 0.3) is 5.91 Å².